The first-order valence-electron chi connectivity index (χ1n) is 11.7. The number of hydrogen-bond acceptors (Lipinski definition) is 7. The van der Waals surface area contributed by atoms with Crippen molar-refractivity contribution in [3.05, 3.63) is 42.6 Å². The number of benzene rings is 1. The molecule has 7 heteroatoms. The molecule has 33 heavy (non-hydrogen) atoms. The summed E-state index contributed by atoms with van der Waals surface area (Å²) in [6.07, 6.45) is 7.94. The van der Waals surface area contributed by atoms with Crippen LogP contribution >= 0.6 is 0 Å². The van der Waals surface area contributed by atoms with Gasteiger partial charge in [0.1, 0.15) is 5.75 Å². The zero-order valence-electron chi connectivity index (χ0n) is 19.9. The summed E-state index contributed by atoms with van der Waals surface area (Å²) in [6.45, 7) is 4.71. The number of aromatic hydroxyl groups is 1. The van der Waals surface area contributed by atoms with E-state index in [9.17, 15) is 5.11 Å². The second-order valence-electron chi connectivity index (χ2n) is 9.37. The van der Waals surface area contributed by atoms with Crippen LogP contribution in [0, 0.1) is 11.8 Å². The van der Waals surface area contributed by atoms with E-state index in [4.69, 9.17) is 4.74 Å². The van der Waals surface area contributed by atoms with Crippen molar-refractivity contribution >= 4 is 5.82 Å². The highest BCUT2D eigenvalue weighted by atomic mass is 16.5. The standard InChI is InChI=1S/C26H33N5O2/c1-17-6-5-7-18(2)13-21(12-17)31(3)25-11-10-23(28-29-25)22-9-8-19(14-24(22)32)20-15-26(33-4)30-27-16-20/h8-11,14-18,21,32H,5-7,12-13H2,1-4H3/t17-,18+,21+. The topological polar surface area (TPSA) is 84.3 Å². The summed E-state index contributed by atoms with van der Waals surface area (Å²) in [5, 5.41) is 27.5. The molecule has 174 valence electrons. The number of ether oxygens (including phenoxy) is 1. The van der Waals surface area contributed by atoms with E-state index in [2.05, 4.69) is 46.2 Å². The zero-order valence-corrected chi connectivity index (χ0v) is 19.9. The summed E-state index contributed by atoms with van der Waals surface area (Å²) in [4.78, 5) is 2.28. The zero-order chi connectivity index (χ0) is 23.4. The molecule has 0 spiro atoms. The summed E-state index contributed by atoms with van der Waals surface area (Å²) in [5.41, 5.74) is 2.92. The number of nitrogens with zero attached hydrogens (tertiary/aromatic N) is 5. The number of phenols is 1. The van der Waals surface area contributed by atoms with E-state index in [0.29, 0.717) is 23.2 Å². The van der Waals surface area contributed by atoms with Gasteiger partial charge in [0.2, 0.25) is 5.88 Å². The van der Waals surface area contributed by atoms with Crippen LogP contribution in [0.4, 0.5) is 5.82 Å². The van der Waals surface area contributed by atoms with Crippen molar-refractivity contribution in [1.82, 2.24) is 20.4 Å². The molecule has 1 aromatic carbocycles. The molecule has 3 atom stereocenters. The van der Waals surface area contributed by atoms with Crippen LogP contribution in [0.2, 0.25) is 0 Å². The summed E-state index contributed by atoms with van der Waals surface area (Å²) in [7, 11) is 3.67. The summed E-state index contributed by atoms with van der Waals surface area (Å²) >= 11 is 0. The molecule has 0 amide bonds. The van der Waals surface area contributed by atoms with Crippen LogP contribution in [0.3, 0.4) is 0 Å². The first-order valence-corrected chi connectivity index (χ1v) is 11.7. The third kappa shape index (κ3) is 5.41. The first-order chi connectivity index (χ1) is 15.9. The lowest BCUT2D eigenvalue weighted by molar-refractivity contribution is 0.309. The Kier molecular flexibility index (Phi) is 7.06. The Bertz CT molecular complexity index is 1060. The van der Waals surface area contributed by atoms with E-state index in [-0.39, 0.29) is 5.75 Å². The predicted octanol–water partition coefficient (Wildman–Crippen LogP) is 5.36. The van der Waals surface area contributed by atoms with E-state index in [0.717, 1.165) is 28.8 Å². The monoisotopic (exact) mass is 447 g/mol. The number of phenolic OH excluding ortho intramolecular Hbond substituents is 1. The Morgan fingerprint density at radius 3 is 2.33 bits per heavy atom. The average molecular weight is 448 g/mol. The molecular formula is C26H33N5O2. The van der Waals surface area contributed by atoms with Gasteiger partial charge < -0.3 is 14.7 Å². The van der Waals surface area contributed by atoms with E-state index < -0.39 is 0 Å². The molecule has 0 unspecified atom stereocenters. The molecular weight excluding hydrogens is 414 g/mol. The van der Waals surface area contributed by atoms with Gasteiger partial charge in [0.25, 0.3) is 0 Å². The van der Waals surface area contributed by atoms with Gasteiger partial charge in [0, 0.05) is 30.3 Å². The number of anilines is 1. The maximum atomic E-state index is 10.7. The maximum absolute atomic E-state index is 10.7. The minimum Gasteiger partial charge on any atom is -0.507 e. The Labute approximate surface area is 195 Å². The number of aromatic nitrogens is 4. The molecule has 1 aliphatic rings. The third-order valence-corrected chi connectivity index (χ3v) is 6.75. The van der Waals surface area contributed by atoms with Crippen LogP contribution < -0.4 is 9.64 Å². The van der Waals surface area contributed by atoms with Gasteiger partial charge in [-0.05, 0) is 54.5 Å². The third-order valence-electron chi connectivity index (χ3n) is 6.75. The Balaban J connectivity index is 1.52. The predicted molar refractivity (Wildman–Crippen MR) is 130 cm³/mol. The Morgan fingerprint density at radius 1 is 0.939 bits per heavy atom. The van der Waals surface area contributed by atoms with Crippen molar-refractivity contribution in [2.24, 2.45) is 11.8 Å². The highest BCUT2D eigenvalue weighted by molar-refractivity contribution is 5.74. The van der Waals surface area contributed by atoms with E-state index in [1.807, 2.05) is 24.3 Å². The summed E-state index contributed by atoms with van der Waals surface area (Å²) < 4.78 is 5.14. The smallest absolute Gasteiger partial charge is 0.233 e. The fraction of sp³-hybridized carbons (Fsp3) is 0.462. The summed E-state index contributed by atoms with van der Waals surface area (Å²) in [6, 6.07) is 11.7. The minimum atomic E-state index is 0.140. The fourth-order valence-corrected chi connectivity index (χ4v) is 4.77. The van der Waals surface area contributed by atoms with Gasteiger partial charge in [-0.15, -0.1) is 15.3 Å². The molecule has 7 nitrogen and oxygen atoms in total. The molecule has 1 saturated carbocycles. The second-order valence-corrected chi connectivity index (χ2v) is 9.37. The molecule has 2 heterocycles. The molecule has 0 radical (unpaired) electrons. The molecule has 1 aliphatic carbocycles. The van der Waals surface area contributed by atoms with Gasteiger partial charge in [0.15, 0.2) is 5.82 Å². The average Bonchev–Trinajstić information content (AvgIpc) is 2.82. The molecule has 0 aliphatic heterocycles. The lowest BCUT2D eigenvalue weighted by Gasteiger charge is -2.34. The van der Waals surface area contributed by atoms with Crippen molar-refractivity contribution in [2.75, 3.05) is 19.1 Å². The van der Waals surface area contributed by atoms with E-state index >= 15 is 0 Å². The fourth-order valence-electron chi connectivity index (χ4n) is 4.77. The van der Waals surface area contributed by atoms with Crippen molar-refractivity contribution in [3.63, 3.8) is 0 Å². The maximum Gasteiger partial charge on any atom is 0.233 e. The molecule has 3 aromatic rings. The van der Waals surface area contributed by atoms with E-state index in [1.165, 1.54) is 32.1 Å². The van der Waals surface area contributed by atoms with Gasteiger partial charge in [-0.3, -0.25) is 0 Å². The van der Waals surface area contributed by atoms with Gasteiger partial charge in [-0.25, -0.2) is 0 Å². The van der Waals surface area contributed by atoms with Crippen LogP contribution in [0.5, 0.6) is 11.6 Å². The van der Waals surface area contributed by atoms with Crippen molar-refractivity contribution in [3.8, 4) is 34.0 Å². The lowest BCUT2D eigenvalue weighted by atomic mass is 9.84. The highest BCUT2D eigenvalue weighted by Crippen LogP contribution is 2.34. The second kappa shape index (κ2) is 10.1. The van der Waals surface area contributed by atoms with Gasteiger partial charge in [-0.1, -0.05) is 39.2 Å². The SMILES string of the molecule is COc1cc(-c2ccc(-c3ccc(N(C)[C@H]4C[C@H](C)CCC[C@H](C)C4)nn3)c(O)c2)cnn1. The van der Waals surface area contributed by atoms with Crippen LogP contribution in [-0.2, 0) is 0 Å². The summed E-state index contributed by atoms with van der Waals surface area (Å²) in [5.74, 6) is 2.89. The van der Waals surface area contributed by atoms with Crippen molar-refractivity contribution < 1.29 is 9.84 Å². The van der Waals surface area contributed by atoms with E-state index in [1.54, 1.807) is 25.4 Å². The molecule has 2 aromatic heterocycles. The van der Waals surface area contributed by atoms with Crippen molar-refractivity contribution in [2.45, 2.75) is 52.0 Å². The van der Waals surface area contributed by atoms with Gasteiger partial charge >= 0.3 is 0 Å². The number of methoxy groups -OCH3 is 1. The normalized spacial score (nSPS) is 21.2. The van der Waals surface area contributed by atoms with Gasteiger partial charge in [0.05, 0.1) is 19.0 Å². The molecule has 0 bridgehead atoms. The quantitative estimate of drug-likeness (QED) is 0.564. The molecule has 0 saturated heterocycles. The molecule has 4 rings (SSSR count). The molecule has 1 N–H and O–H groups in total. The van der Waals surface area contributed by atoms with Crippen LogP contribution in [0.25, 0.3) is 22.4 Å². The number of rotatable bonds is 5. The first kappa shape index (κ1) is 23.0. The molecule has 1 fully saturated rings. The van der Waals surface area contributed by atoms with Crippen molar-refractivity contribution in [1.29, 1.82) is 0 Å². The van der Waals surface area contributed by atoms with Crippen LogP contribution in [-0.4, -0.2) is 45.7 Å². The Hall–Kier alpha value is -3.22. The largest absolute Gasteiger partial charge is 0.507 e. The Morgan fingerprint density at radius 2 is 1.70 bits per heavy atom. The number of hydrogen-bond donors (Lipinski definition) is 1. The van der Waals surface area contributed by atoms with Crippen LogP contribution in [0.1, 0.15) is 46.0 Å². The minimum absolute atomic E-state index is 0.140. The van der Waals surface area contributed by atoms with Crippen LogP contribution in [0.15, 0.2) is 42.6 Å². The van der Waals surface area contributed by atoms with Gasteiger partial charge in [-0.2, -0.15) is 5.10 Å². The highest BCUT2D eigenvalue weighted by Gasteiger charge is 2.24. The lowest BCUT2D eigenvalue weighted by Crippen LogP contribution is -2.36.